The first kappa shape index (κ1) is 3.84. The van der Waals surface area contributed by atoms with Crippen LogP contribution in [0.15, 0.2) is 0 Å². The van der Waals surface area contributed by atoms with Crippen molar-refractivity contribution in [3.63, 3.8) is 0 Å². The van der Waals surface area contributed by atoms with E-state index in [-0.39, 0.29) is 0 Å². The quantitative estimate of drug-likeness (QED) is 0.416. The summed E-state index contributed by atoms with van der Waals surface area (Å²) in [5.41, 5.74) is 0. The molecule has 0 heterocycles. The highest BCUT2D eigenvalue weighted by atomic mass is 32.1. The lowest BCUT2D eigenvalue weighted by Crippen LogP contribution is -1.34. The molecule has 1 nitrogen and oxygen atoms in total. The Bertz CT molecular complexity index is 35.8. The maximum Gasteiger partial charge on any atom is 0.113 e. The molecule has 0 atom stereocenters. The summed E-state index contributed by atoms with van der Waals surface area (Å²) in [5, 5.41) is 7.49. The van der Waals surface area contributed by atoms with Crippen LogP contribution in [0.2, 0.25) is 0 Å². The van der Waals surface area contributed by atoms with E-state index in [0.717, 1.165) is 5.75 Å². The first-order valence-electron chi connectivity index (χ1n) is 0.770. The summed E-state index contributed by atoms with van der Waals surface area (Å²) in [6.07, 6.45) is 0. The van der Waals surface area contributed by atoms with Crippen molar-refractivity contribution < 1.29 is 0 Å². The van der Waals surface area contributed by atoms with E-state index in [1.165, 1.54) is 0 Å². The van der Waals surface area contributed by atoms with E-state index in [4.69, 9.17) is 5.26 Å². The standard InChI is InChI=1S/C2H2NS/c3-1-2-4/h2,4H. The molecular weight excluding hydrogens is 70.1 g/mol. The highest BCUT2D eigenvalue weighted by molar-refractivity contribution is 7.82. The third-order valence-electron chi connectivity index (χ3n) is 0.0577. The largest absolute Gasteiger partial charge is 0.197 e. The van der Waals surface area contributed by atoms with Gasteiger partial charge in [-0.1, -0.05) is 0 Å². The Hall–Kier alpha value is -0.160. The van der Waals surface area contributed by atoms with E-state index < -0.39 is 0 Å². The highest BCUT2D eigenvalue weighted by Gasteiger charge is 1.52. The van der Waals surface area contributed by atoms with Gasteiger partial charge in [0.05, 0.1) is 6.07 Å². The average molecular weight is 72.1 g/mol. The Morgan fingerprint density at radius 2 is 2.25 bits per heavy atom. The molecule has 2 heteroatoms. The van der Waals surface area contributed by atoms with Gasteiger partial charge in [-0.25, -0.2) is 0 Å². The molecule has 0 amide bonds. The highest BCUT2D eigenvalue weighted by Crippen LogP contribution is 1.70. The van der Waals surface area contributed by atoms with E-state index in [1.54, 1.807) is 6.07 Å². The number of nitrogens with zero attached hydrogens (tertiary/aromatic N) is 1. The first-order chi connectivity index (χ1) is 1.91. The first-order valence-corrected chi connectivity index (χ1v) is 1.29. The Balaban J connectivity index is 2.43. The van der Waals surface area contributed by atoms with Crippen LogP contribution in [0.3, 0.4) is 0 Å². The van der Waals surface area contributed by atoms with Gasteiger partial charge >= 0.3 is 0 Å². The predicted octanol–water partition coefficient (Wildman–Crippen LogP) is 0.602. The molecule has 0 rings (SSSR count). The van der Waals surface area contributed by atoms with Crippen LogP contribution in [0, 0.1) is 17.1 Å². The number of hydrogen-bond acceptors (Lipinski definition) is 2. The minimum absolute atomic E-state index is 1.12. The monoisotopic (exact) mass is 72.0 g/mol. The minimum Gasteiger partial charge on any atom is -0.197 e. The van der Waals surface area contributed by atoms with Gasteiger partial charge in [-0.3, -0.25) is 0 Å². The zero-order valence-corrected chi connectivity index (χ0v) is 2.87. The number of thiol groups is 1. The van der Waals surface area contributed by atoms with Gasteiger partial charge in [0.2, 0.25) is 0 Å². The van der Waals surface area contributed by atoms with Gasteiger partial charge in [-0.15, -0.1) is 0 Å². The van der Waals surface area contributed by atoms with E-state index >= 15 is 0 Å². The summed E-state index contributed by atoms with van der Waals surface area (Å²) in [6, 6.07) is 1.67. The maximum atomic E-state index is 7.49. The zero-order valence-electron chi connectivity index (χ0n) is 1.97. The predicted molar refractivity (Wildman–Crippen MR) is 18.9 cm³/mol. The molecule has 21 valence electrons. The molecule has 0 aliphatic rings. The Labute approximate surface area is 30.7 Å². The molecule has 0 aliphatic heterocycles. The molecular formula is C2H2NS. The molecule has 0 aliphatic carbocycles. The van der Waals surface area contributed by atoms with Crippen LogP contribution >= 0.6 is 12.6 Å². The fraction of sp³-hybridized carbons (Fsp3) is 0. The molecule has 0 aromatic carbocycles. The molecule has 0 bridgehead atoms. The molecule has 0 aromatic rings. The van der Waals surface area contributed by atoms with Crippen molar-refractivity contribution in [2.24, 2.45) is 0 Å². The summed E-state index contributed by atoms with van der Waals surface area (Å²) < 4.78 is 0. The molecule has 0 saturated carbocycles. The zero-order chi connectivity index (χ0) is 3.41. The SMILES string of the molecule is N#C[CH]S. The van der Waals surface area contributed by atoms with Crippen LogP contribution < -0.4 is 0 Å². The summed E-state index contributed by atoms with van der Waals surface area (Å²) >= 11 is 3.43. The molecule has 0 spiro atoms. The average Bonchev–Trinajstić information content (AvgIpc) is 1.37. The van der Waals surface area contributed by atoms with Crippen molar-refractivity contribution in [1.29, 1.82) is 5.26 Å². The second-order valence-electron chi connectivity index (χ2n) is 0.258. The van der Waals surface area contributed by atoms with Crippen LogP contribution in [0.25, 0.3) is 0 Å². The van der Waals surface area contributed by atoms with Gasteiger partial charge in [0.15, 0.2) is 0 Å². The van der Waals surface area contributed by atoms with Gasteiger partial charge in [0, 0.05) is 0 Å². The third-order valence-corrected chi connectivity index (χ3v) is 0.173. The third kappa shape index (κ3) is 1.84. The van der Waals surface area contributed by atoms with Gasteiger partial charge in [-0.2, -0.15) is 17.9 Å². The van der Waals surface area contributed by atoms with Crippen LogP contribution in [-0.2, 0) is 0 Å². The summed E-state index contributed by atoms with van der Waals surface area (Å²) in [6.45, 7) is 0. The molecule has 0 aromatic heterocycles. The lowest BCUT2D eigenvalue weighted by Gasteiger charge is -1.45. The van der Waals surface area contributed by atoms with Crippen LogP contribution in [-0.4, -0.2) is 0 Å². The molecule has 0 saturated heterocycles. The molecule has 4 heavy (non-hydrogen) atoms. The Kier molecular flexibility index (Phi) is 2.73. The minimum atomic E-state index is 1.12. The van der Waals surface area contributed by atoms with E-state index in [9.17, 15) is 0 Å². The van der Waals surface area contributed by atoms with Crippen molar-refractivity contribution in [2.45, 2.75) is 0 Å². The van der Waals surface area contributed by atoms with Crippen molar-refractivity contribution in [2.75, 3.05) is 0 Å². The smallest absolute Gasteiger partial charge is 0.113 e. The number of rotatable bonds is 0. The summed E-state index contributed by atoms with van der Waals surface area (Å²) in [5.74, 6) is 1.12. The van der Waals surface area contributed by atoms with Crippen molar-refractivity contribution in [1.82, 2.24) is 0 Å². The second kappa shape index (κ2) is 2.84. The number of hydrogen-bond donors (Lipinski definition) is 1. The van der Waals surface area contributed by atoms with E-state index in [1.807, 2.05) is 0 Å². The molecule has 0 N–H and O–H groups in total. The Morgan fingerprint density at radius 1 is 2.00 bits per heavy atom. The van der Waals surface area contributed by atoms with Crippen molar-refractivity contribution >= 4 is 12.6 Å². The van der Waals surface area contributed by atoms with Crippen LogP contribution in [0.1, 0.15) is 0 Å². The van der Waals surface area contributed by atoms with Crippen LogP contribution in [0.4, 0.5) is 0 Å². The normalized spacial score (nSPS) is 5.00. The van der Waals surface area contributed by atoms with Gasteiger partial charge in [-0.05, 0) is 0 Å². The van der Waals surface area contributed by atoms with Crippen molar-refractivity contribution in [3.05, 3.63) is 5.75 Å². The topological polar surface area (TPSA) is 23.8 Å². The fourth-order valence-corrected chi connectivity index (χ4v) is 0. The van der Waals surface area contributed by atoms with Gasteiger partial charge in [0.1, 0.15) is 5.75 Å². The maximum absolute atomic E-state index is 7.49. The van der Waals surface area contributed by atoms with Crippen molar-refractivity contribution in [3.8, 4) is 6.07 Å². The van der Waals surface area contributed by atoms with E-state index in [0.29, 0.717) is 0 Å². The summed E-state index contributed by atoms with van der Waals surface area (Å²) in [4.78, 5) is 0. The lowest BCUT2D eigenvalue weighted by atomic mass is 10.9. The number of nitriles is 1. The van der Waals surface area contributed by atoms with E-state index in [2.05, 4.69) is 12.6 Å². The molecule has 1 radical (unpaired) electrons. The second-order valence-corrected chi connectivity index (χ2v) is 0.516. The van der Waals surface area contributed by atoms with Gasteiger partial charge in [0.25, 0.3) is 0 Å². The Morgan fingerprint density at radius 3 is 2.25 bits per heavy atom. The summed E-state index contributed by atoms with van der Waals surface area (Å²) in [7, 11) is 0. The molecule has 0 fully saturated rings. The van der Waals surface area contributed by atoms with Gasteiger partial charge < -0.3 is 0 Å². The fourth-order valence-electron chi connectivity index (χ4n) is 0. The lowest BCUT2D eigenvalue weighted by molar-refractivity contribution is 1.53. The van der Waals surface area contributed by atoms with Crippen LogP contribution in [0.5, 0.6) is 0 Å². The molecule has 0 unspecified atom stereocenters.